The van der Waals surface area contributed by atoms with Gasteiger partial charge in [0.1, 0.15) is 5.69 Å². The fraction of sp³-hybridized carbons (Fsp3) is 0.500. The molecular weight excluding hydrogens is 278 g/mol. The van der Waals surface area contributed by atoms with E-state index in [4.69, 9.17) is 0 Å². The highest BCUT2D eigenvalue weighted by atomic mass is 32.1. The SMILES string of the molecule is CCCn1nc(C)c([N+](=O)[O-])c1NCc1csc(C)n1. The van der Waals surface area contributed by atoms with E-state index >= 15 is 0 Å². The molecule has 0 saturated carbocycles. The molecule has 2 aromatic heterocycles. The molecule has 0 atom stereocenters. The smallest absolute Gasteiger partial charge is 0.333 e. The number of rotatable bonds is 6. The quantitative estimate of drug-likeness (QED) is 0.654. The molecule has 0 bridgehead atoms. The van der Waals surface area contributed by atoms with Crippen LogP contribution in [0.1, 0.15) is 29.7 Å². The summed E-state index contributed by atoms with van der Waals surface area (Å²) in [6.45, 7) is 6.70. The van der Waals surface area contributed by atoms with Crippen LogP contribution >= 0.6 is 11.3 Å². The number of nitro groups is 1. The summed E-state index contributed by atoms with van der Waals surface area (Å²) >= 11 is 1.56. The monoisotopic (exact) mass is 295 g/mol. The van der Waals surface area contributed by atoms with Gasteiger partial charge in [0.2, 0.25) is 5.82 Å². The van der Waals surface area contributed by atoms with E-state index in [0.29, 0.717) is 24.6 Å². The first-order valence-corrected chi connectivity index (χ1v) is 7.27. The zero-order valence-electron chi connectivity index (χ0n) is 11.7. The molecular formula is C12H17N5O2S. The van der Waals surface area contributed by atoms with Crippen LogP contribution in [0.25, 0.3) is 0 Å². The van der Waals surface area contributed by atoms with Gasteiger partial charge in [-0.25, -0.2) is 9.67 Å². The van der Waals surface area contributed by atoms with Crippen LogP contribution in [0.4, 0.5) is 11.5 Å². The van der Waals surface area contributed by atoms with E-state index in [9.17, 15) is 10.1 Å². The van der Waals surface area contributed by atoms with Crippen LogP contribution in [0.3, 0.4) is 0 Å². The van der Waals surface area contributed by atoms with Crippen LogP contribution < -0.4 is 5.32 Å². The molecule has 0 unspecified atom stereocenters. The van der Waals surface area contributed by atoms with Gasteiger partial charge in [0, 0.05) is 11.9 Å². The van der Waals surface area contributed by atoms with Crippen LogP contribution in [0.5, 0.6) is 0 Å². The number of anilines is 1. The lowest BCUT2D eigenvalue weighted by atomic mass is 10.3. The van der Waals surface area contributed by atoms with Crippen LogP contribution in [0.2, 0.25) is 0 Å². The zero-order valence-corrected chi connectivity index (χ0v) is 12.5. The van der Waals surface area contributed by atoms with Gasteiger partial charge < -0.3 is 5.32 Å². The lowest BCUT2D eigenvalue weighted by Gasteiger charge is -2.07. The fourth-order valence-electron chi connectivity index (χ4n) is 2.00. The second-order valence-corrected chi connectivity index (χ2v) is 5.54. The van der Waals surface area contributed by atoms with E-state index in [0.717, 1.165) is 17.1 Å². The van der Waals surface area contributed by atoms with Gasteiger partial charge in [0.05, 0.1) is 22.2 Å². The summed E-state index contributed by atoms with van der Waals surface area (Å²) in [6.07, 6.45) is 0.864. The predicted molar refractivity (Wildman–Crippen MR) is 78.1 cm³/mol. The Kier molecular flexibility index (Phi) is 4.33. The van der Waals surface area contributed by atoms with E-state index in [-0.39, 0.29) is 10.6 Å². The maximum atomic E-state index is 11.2. The van der Waals surface area contributed by atoms with E-state index < -0.39 is 0 Å². The van der Waals surface area contributed by atoms with E-state index in [1.54, 1.807) is 22.9 Å². The molecule has 108 valence electrons. The Hall–Kier alpha value is -1.96. The topological polar surface area (TPSA) is 85.9 Å². The molecule has 2 heterocycles. The third kappa shape index (κ3) is 2.96. The minimum atomic E-state index is -0.386. The molecule has 0 aliphatic heterocycles. The number of thiazole rings is 1. The van der Waals surface area contributed by atoms with Gasteiger partial charge in [-0.05, 0) is 20.3 Å². The van der Waals surface area contributed by atoms with Crippen molar-refractivity contribution < 1.29 is 4.92 Å². The molecule has 1 N–H and O–H groups in total. The van der Waals surface area contributed by atoms with Crippen molar-refractivity contribution in [3.8, 4) is 0 Å². The maximum Gasteiger partial charge on any atom is 0.333 e. The van der Waals surface area contributed by atoms with Crippen molar-refractivity contribution in [1.82, 2.24) is 14.8 Å². The highest BCUT2D eigenvalue weighted by Crippen LogP contribution is 2.28. The van der Waals surface area contributed by atoms with Crippen molar-refractivity contribution in [1.29, 1.82) is 0 Å². The molecule has 2 aromatic rings. The number of aromatic nitrogens is 3. The van der Waals surface area contributed by atoms with E-state index in [1.165, 1.54) is 0 Å². The largest absolute Gasteiger partial charge is 0.359 e. The van der Waals surface area contributed by atoms with Crippen LogP contribution in [-0.4, -0.2) is 19.7 Å². The number of nitrogens with zero attached hydrogens (tertiary/aromatic N) is 4. The third-order valence-corrected chi connectivity index (χ3v) is 3.64. The van der Waals surface area contributed by atoms with Crippen LogP contribution in [0, 0.1) is 24.0 Å². The number of hydrogen-bond acceptors (Lipinski definition) is 6. The first-order chi connectivity index (χ1) is 9.52. The van der Waals surface area contributed by atoms with Gasteiger partial charge in [0.15, 0.2) is 0 Å². The average Bonchev–Trinajstić information content (AvgIpc) is 2.91. The zero-order chi connectivity index (χ0) is 14.7. The summed E-state index contributed by atoms with van der Waals surface area (Å²) in [6, 6.07) is 0. The van der Waals surface area contributed by atoms with Crippen molar-refractivity contribution in [3.63, 3.8) is 0 Å². The van der Waals surface area contributed by atoms with Crippen molar-refractivity contribution in [2.24, 2.45) is 0 Å². The highest BCUT2D eigenvalue weighted by Gasteiger charge is 2.24. The van der Waals surface area contributed by atoms with E-state index in [2.05, 4.69) is 15.4 Å². The van der Waals surface area contributed by atoms with E-state index in [1.807, 2.05) is 19.2 Å². The summed E-state index contributed by atoms with van der Waals surface area (Å²) in [7, 11) is 0. The third-order valence-electron chi connectivity index (χ3n) is 2.82. The maximum absolute atomic E-state index is 11.2. The standard InChI is InChI=1S/C12H17N5O2S/c1-4-5-16-12(11(17(18)19)8(2)15-16)13-6-10-7-20-9(3)14-10/h7,13H,4-6H2,1-3H3. The Balaban J connectivity index is 2.25. The summed E-state index contributed by atoms with van der Waals surface area (Å²) in [5.74, 6) is 0.458. The van der Waals surface area contributed by atoms with Gasteiger partial charge >= 0.3 is 5.69 Å². The van der Waals surface area contributed by atoms with Crippen molar-refractivity contribution in [3.05, 3.63) is 31.9 Å². The molecule has 0 aliphatic rings. The van der Waals surface area contributed by atoms with Gasteiger partial charge in [-0.3, -0.25) is 10.1 Å². The minimum Gasteiger partial charge on any atom is -0.359 e. The van der Waals surface area contributed by atoms with Gasteiger partial charge in [-0.15, -0.1) is 11.3 Å². The molecule has 0 amide bonds. The minimum absolute atomic E-state index is 0.0467. The van der Waals surface area contributed by atoms with Crippen molar-refractivity contribution in [2.45, 2.75) is 40.3 Å². The highest BCUT2D eigenvalue weighted by molar-refractivity contribution is 7.09. The van der Waals surface area contributed by atoms with Gasteiger partial charge in [-0.2, -0.15) is 5.10 Å². The molecule has 0 fully saturated rings. The lowest BCUT2D eigenvalue weighted by molar-refractivity contribution is -0.384. The summed E-state index contributed by atoms with van der Waals surface area (Å²) < 4.78 is 1.66. The number of nitrogens with one attached hydrogen (secondary N) is 1. The molecule has 0 spiro atoms. The first kappa shape index (κ1) is 14.4. The molecule has 0 aliphatic carbocycles. The van der Waals surface area contributed by atoms with Crippen LogP contribution in [0.15, 0.2) is 5.38 Å². The van der Waals surface area contributed by atoms with Crippen molar-refractivity contribution in [2.75, 3.05) is 5.32 Å². The second-order valence-electron chi connectivity index (χ2n) is 4.47. The summed E-state index contributed by atoms with van der Waals surface area (Å²) in [5, 5.41) is 21.4. The average molecular weight is 295 g/mol. The first-order valence-electron chi connectivity index (χ1n) is 6.39. The summed E-state index contributed by atoms with van der Waals surface area (Å²) in [4.78, 5) is 15.1. The van der Waals surface area contributed by atoms with Gasteiger partial charge in [-0.1, -0.05) is 6.92 Å². The summed E-state index contributed by atoms with van der Waals surface area (Å²) in [5.41, 5.74) is 1.36. The lowest BCUT2D eigenvalue weighted by Crippen LogP contribution is -2.09. The molecule has 0 radical (unpaired) electrons. The Labute approximate surface area is 120 Å². The number of aryl methyl sites for hydroxylation is 3. The molecule has 0 aromatic carbocycles. The Morgan fingerprint density at radius 3 is 2.80 bits per heavy atom. The number of hydrogen-bond donors (Lipinski definition) is 1. The Morgan fingerprint density at radius 2 is 2.25 bits per heavy atom. The molecule has 7 nitrogen and oxygen atoms in total. The Bertz CT molecular complexity index is 619. The molecule has 2 rings (SSSR count). The predicted octanol–water partition coefficient (Wildman–Crippen LogP) is 2.89. The molecule has 0 saturated heterocycles. The molecule has 20 heavy (non-hydrogen) atoms. The fourth-order valence-corrected chi connectivity index (χ4v) is 2.62. The molecule has 8 heteroatoms. The normalized spacial score (nSPS) is 10.8. The van der Waals surface area contributed by atoms with Crippen molar-refractivity contribution >= 4 is 22.8 Å². The Morgan fingerprint density at radius 1 is 1.50 bits per heavy atom. The van der Waals surface area contributed by atoms with Crippen LogP contribution in [-0.2, 0) is 13.1 Å². The van der Waals surface area contributed by atoms with Gasteiger partial charge in [0.25, 0.3) is 0 Å². The second kappa shape index (κ2) is 6.00.